The molecule has 182 valence electrons. The van der Waals surface area contributed by atoms with Gasteiger partial charge in [-0.3, -0.25) is 4.79 Å². The lowest BCUT2D eigenvalue weighted by Gasteiger charge is -2.21. The van der Waals surface area contributed by atoms with Crippen molar-refractivity contribution in [2.24, 2.45) is 0 Å². The Kier molecular flexibility index (Phi) is 6.47. The summed E-state index contributed by atoms with van der Waals surface area (Å²) in [5.41, 5.74) is 2.87. The topological polar surface area (TPSA) is 80.5 Å². The van der Waals surface area contributed by atoms with E-state index in [1.54, 1.807) is 45.0 Å². The molecule has 0 N–H and O–H groups in total. The Morgan fingerprint density at radius 1 is 1.00 bits per heavy atom. The Morgan fingerprint density at radius 3 is 2.20 bits per heavy atom. The molecule has 2 heterocycles. The van der Waals surface area contributed by atoms with Gasteiger partial charge in [-0.2, -0.15) is 0 Å². The molecule has 0 bridgehead atoms. The first-order chi connectivity index (χ1) is 16.3. The summed E-state index contributed by atoms with van der Waals surface area (Å²) in [6.07, 6.45) is 0. The molecule has 4 rings (SSSR count). The molecule has 0 fully saturated rings. The predicted octanol–water partition coefficient (Wildman–Crippen LogP) is 7.02. The van der Waals surface area contributed by atoms with Crippen LogP contribution in [0.1, 0.15) is 27.7 Å². The van der Waals surface area contributed by atoms with Crippen molar-refractivity contribution in [3.63, 3.8) is 0 Å². The third-order valence-corrected chi connectivity index (χ3v) is 8.73. The van der Waals surface area contributed by atoms with Crippen molar-refractivity contribution < 1.29 is 17.6 Å². The van der Waals surface area contributed by atoms with Crippen molar-refractivity contribution >= 4 is 55.7 Å². The Morgan fingerprint density at radius 2 is 1.63 bits per heavy atom. The van der Waals surface area contributed by atoms with Crippen LogP contribution < -0.4 is 4.90 Å². The molecular weight excluding hydrogens is 507 g/mol. The summed E-state index contributed by atoms with van der Waals surface area (Å²) in [5.74, 6) is -0.346. The van der Waals surface area contributed by atoms with Crippen molar-refractivity contribution in [2.45, 2.75) is 37.5 Å². The van der Waals surface area contributed by atoms with Crippen LogP contribution in [-0.2, 0) is 14.6 Å². The van der Waals surface area contributed by atoms with Gasteiger partial charge in [0.1, 0.15) is 5.69 Å². The summed E-state index contributed by atoms with van der Waals surface area (Å²) in [6.45, 7) is 6.09. The van der Waals surface area contributed by atoms with Gasteiger partial charge in [-0.05, 0) is 50.6 Å². The van der Waals surface area contributed by atoms with Crippen LogP contribution in [0, 0.1) is 0 Å². The van der Waals surface area contributed by atoms with Gasteiger partial charge in [0, 0.05) is 35.1 Å². The number of nitrogens with zero attached hydrogens (tertiary/aromatic N) is 2. The van der Waals surface area contributed by atoms with Crippen LogP contribution in [0.15, 0.2) is 64.1 Å². The van der Waals surface area contributed by atoms with Crippen LogP contribution in [0.2, 0.25) is 10.0 Å². The van der Waals surface area contributed by atoms with Crippen LogP contribution in [0.5, 0.6) is 0 Å². The molecule has 2 aromatic heterocycles. The maximum Gasteiger partial charge on any atom is 0.245 e. The van der Waals surface area contributed by atoms with Crippen molar-refractivity contribution in [3.05, 3.63) is 64.6 Å². The van der Waals surface area contributed by atoms with Gasteiger partial charge >= 0.3 is 0 Å². The summed E-state index contributed by atoms with van der Waals surface area (Å²) < 4.78 is 31.7. The number of sulfone groups is 1. The molecule has 2 aromatic carbocycles. The maximum atomic E-state index is 13.5. The molecule has 0 aliphatic rings. The van der Waals surface area contributed by atoms with E-state index in [2.05, 4.69) is 0 Å². The minimum absolute atomic E-state index is 0.0866. The number of anilines is 1. The Labute approximate surface area is 214 Å². The first-order valence-electron chi connectivity index (χ1n) is 10.8. The maximum absolute atomic E-state index is 13.5. The van der Waals surface area contributed by atoms with Crippen LogP contribution >= 0.6 is 23.2 Å². The standard InChI is InChI=1S/C26H24Cl2N2O4S/c1-15(31)30(5)23-20-14-19(16-10-12-17(27)13-11-16)22(18-8-6-7-9-21(18)28)29-24(20)34-25(23)35(32,33)26(2,3)4/h6-14H,1-5H3. The molecule has 0 atom stereocenters. The minimum Gasteiger partial charge on any atom is -0.424 e. The van der Waals surface area contributed by atoms with Crippen molar-refractivity contribution in [2.75, 3.05) is 11.9 Å². The van der Waals surface area contributed by atoms with Gasteiger partial charge in [0.05, 0.1) is 15.8 Å². The second-order valence-corrected chi connectivity index (χ2v) is 12.6. The molecule has 4 aromatic rings. The van der Waals surface area contributed by atoms with E-state index in [1.807, 2.05) is 30.3 Å². The number of benzene rings is 2. The third-order valence-electron chi connectivity index (χ3n) is 5.77. The number of hydrogen-bond acceptors (Lipinski definition) is 5. The second-order valence-electron chi connectivity index (χ2n) is 9.16. The number of carbonyl (C=O) groups excluding carboxylic acids is 1. The van der Waals surface area contributed by atoms with Gasteiger partial charge in [0.25, 0.3) is 0 Å². The number of fused-ring (bicyclic) bond motifs is 1. The highest BCUT2D eigenvalue weighted by Crippen LogP contribution is 2.44. The van der Waals surface area contributed by atoms with Crippen LogP contribution in [0.3, 0.4) is 0 Å². The lowest BCUT2D eigenvalue weighted by molar-refractivity contribution is -0.116. The van der Waals surface area contributed by atoms with Crippen molar-refractivity contribution in [1.82, 2.24) is 4.98 Å². The number of furan rings is 1. The number of aromatic nitrogens is 1. The quantitative estimate of drug-likeness (QED) is 0.283. The SMILES string of the molecule is CC(=O)N(C)c1c(S(=O)(=O)C(C)(C)C)oc2nc(-c3ccccc3Cl)c(-c3ccc(Cl)cc3)cc12. The smallest absolute Gasteiger partial charge is 0.245 e. The van der Waals surface area contributed by atoms with E-state index in [4.69, 9.17) is 32.6 Å². The van der Waals surface area contributed by atoms with E-state index < -0.39 is 14.6 Å². The molecule has 0 radical (unpaired) electrons. The fourth-order valence-corrected chi connectivity index (χ4v) is 5.23. The normalized spacial score (nSPS) is 12.2. The Hall–Kier alpha value is -2.87. The van der Waals surface area contributed by atoms with Crippen molar-refractivity contribution in [1.29, 1.82) is 0 Å². The van der Waals surface area contributed by atoms with E-state index in [-0.39, 0.29) is 22.4 Å². The van der Waals surface area contributed by atoms with E-state index in [0.29, 0.717) is 32.3 Å². The predicted molar refractivity (Wildman–Crippen MR) is 141 cm³/mol. The molecule has 0 aliphatic heterocycles. The highest BCUT2D eigenvalue weighted by Gasteiger charge is 2.39. The summed E-state index contributed by atoms with van der Waals surface area (Å²) >= 11 is 12.6. The van der Waals surface area contributed by atoms with Crippen LogP contribution in [0.4, 0.5) is 5.69 Å². The summed E-state index contributed by atoms with van der Waals surface area (Å²) in [6, 6.07) is 16.2. The van der Waals surface area contributed by atoms with Gasteiger partial charge in [-0.25, -0.2) is 13.4 Å². The molecular formula is C26H24Cl2N2O4S. The molecule has 35 heavy (non-hydrogen) atoms. The van der Waals surface area contributed by atoms with Gasteiger partial charge in [0.15, 0.2) is 0 Å². The van der Waals surface area contributed by atoms with Gasteiger partial charge in [-0.15, -0.1) is 0 Å². The number of hydrogen-bond donors (Lipinski definition) is 0. The molecule has 0 saturated heterocycles. The number of halogens is 2. The van der Waals surface area contributed by atoms with E-state index in [0.717, 1.165) is 5.56 Å². The van der Waals surface area contributed by atoms with E-state index in [9.17, 15) is 13.2 Å². The third kappa shape index (κ3) is 4.44. The van der Waals surface area contributed by atoms with Crippen LogP contribution in [-0.4, -0.2) is 31.1 Å². The lowest BCUT2D eigenvalue weighted by Crippen LogP contribution is -2.30. The summed E-state index contributed by atoms with van der Waals surface area (Å²) in [5, 5.41) is 1.14. The molecule has 1 amide bonds. The summed E-state index contributed by atoms with van der Waals surface area (Å²) in [7, 11) is -2.45. The second kappa shape index (κ2) is 8.97. The number of pyridine rings is 1. The van der Waals surface area contributed by atoms with E-state index in [1.165, 1.54) is 18.9 Å². The Balaban J connectivity index is 2.16. The zero-order chi connectivity index (χ0) is 25.7. The largest absolute Gasteiger partial charge is 0.424 e. The number of carbonyl (C=O) groups is 1. The Bertz CT molecular complexity index is 1550. The summed E-state index contributed by atoms with van der Waals surface area (Å²) in [4.78, 5) is 18.4. The molecule has 0 spiro atoms. The minimum atomic E-state index is -3.96. The fourth-order valence-electron chi connectivity index (χ4n) is 3.63. The fraction of sp³-hybridized carbons (Fsp3) is 0.231. The van der Waals surface area contributed by atoms with Gasteiger partial charge < -0.3 is 9.32 Å². The average molecular weight is 531 g/mol. The van der Waals surface area contributed by atoms with E-state index >= 15 is 0 Å². The molecule has 0 saturated carbocycles. The average Bonchev–Trinajstić information content (AvgIpc) is 3.17. The molecule has 0 unspecified atom stereocenters. The number of rotatable bonds is 4. The molecule has 6 nitrogen and oxygen atoms in total. The zero-order valence-electron chi connectivity index (χ0n) is 19.9. The first-order valence-corrected chi connectivity index (χ1v) is 13.0. The molecule has 9 heteroatoms. The van der Waals surface area contributed by atoms with Crippen molar-refractivity contribution in [3.8, 4) is 22.4 Å². The lowest BCUT2D eigenvalue weighted by atomic mass is 9.98. The zero-order valence-corrected chi connectivity index (χ0v) is 22.2. The number of amides is 1. The highest BCUT2D eigenvalue weighted by molar-refractivity contribution is 7.92. The van der Waals surface area contributed by atoms with Crippen LogP contribution in [0.25, 0.3) is 33.5 Å². The monoisotopic (exact) mass is 530 g/mol. The first kappa shape index (κ1) is 25.2. The molecule has 0 aliphatic carbocycles. The van der Waals surface area contributed by atoms with Gasteiger partial charge in [-0.1, -0.05) is 53.5 Å². The van der Waals surface area contributed by atoms with Gasteiger partial charge in [0.2, 0.25) is 26.6 Å². The highest BCUT2D eigenvalue weighted by atomic mass is 35.5.